The molecule has 1 aliphatic carbocycles. The summed E-state index contributed by atoms with van der Waals surface area (Å²) >= 11 is 18.5. The van der Waals surface area contributed by atoms with E-state index in [1.165, 1.54) is 37.7 Å². The molecular weight excluding hydrogens is 301 g/mol. The molecule has 0 unspecified atom stereocenters. The van der Waals surface area contributed by atoms with E-state index in [1.807, 2.05) is 6.08 Å². The summed E-state index contributed by atoms with van der Waals surface area (Å²) in [5, 5.41) is 1.66. The van der Waals surface area contributed by atoms with E-state index in [1.54, 1.807) is 12.1 Å². The monoisotopic (exact) mass is 317 g/mol. The molecule has 1 aromatic rings. The summed E-state index contributed by atoms with van der Waals surface area (Å²) in [6, 6.07) is 3.49. The standard InChI is InChI=1S/C15H18Cl3N/c16-13-6-7-14(17)15(18)12(13)8-11(9-19)10-4-2-1-3-5-10/h6-8,10H,1-5,9,19H2/b11-8-. The summed E-state index contributed by atoms with van der Waals surface area (Å²) in [6.45, 7) is 0.545. The molecular formula is C15H18Cl3N. The van der Waals surface area contributed by atoms with Crippen molar-refractivity contribution in [2.24, 2.45) is 11.7 Å². The molecule has 0 amide bonds. The van der Waals surface area contributed by atoms with Crippen LogP contribution >= 0.6 is 34.8 Å². The maximum Gasteiger partial charge on any atom is 0.0679 e. The highest BCUT2D eigenvalue weighted by atomic mass is 35.5. The van der Waals surface area contributed by atoms with E-state index in [2.05, 4.69) is 0 Å². The van der Waals surface area contributed by atoms with Gasteiger partial charge in [0.05, 0.1) is 10.0 Å². The van der Waals surface area contributed by atoms with Crippen LogP contribution in [0.4, 0.5) is 0 Å². The molecule has 104 valence electrons. The molecule has 2 N–H and O–H groups in total. The fourth-order valence-electron chi connectivity index (χ4n) is 2.68. The van der Waals surface area contributed by atoms with Crippen molar-refractivity contribution in [3.05, 3.63) is 38.3 Å². The predicted octanol–water partition coefficient (Wildman–Crippen LogP) is 5.57. The lowest BCUT2D eigenvalue weighted by Crippen LogP contribution is -2.16. The summed E-state index contributed by atoms with van der Waals surface area (Å²) in [5.41, 5.74) is 7.92. The topological polar surface area (TPSA) is 26.0 Å². The van der Waals surface area contributed by atoms with Crippen molar-refractivity contribution >= 4 is 40.9 Å². The van der Waals surface area contributed by atoms with Crippen molar-refractivity contribution in [2.45, 2.75) is 32.1 Å². The van der Waals surface area contributed by atoms with E-state index in [-0.39, 0.29) is 0 Å². The summed E-state index contributed by atoms with van der Waals surface area (Å²) in [5.74, 6) is 0.560. The minimum absolute atomic E-state index is 0.510. The average molecular weight is 319 g/mol. The van der Waals surface area contributed by atoms with Gasteiger partial charge in [0.1, 0.15) is 0 Å². The molecule has 2 rings (SSSR count). The maximum absolute atomic E-state index is 6.24. The molecule has 1 nitrogen and oxygen atoms in total. The number of hydrogen-bond acceptors (Lipinski definition) is 1. The van der Waals surface area contributed by atoms with Gasteiger partial charge in [0.15, 0.2) is 0 Å². The van der Waals surface area contributed by atoms with E-state index >= 15 is 0 Å². The van der Waals surface area contributed by atoms with Gasteiger partial charge in [0.2, 0.25) is 0 Å². The summed E-state index contributed by atoms with van der Waals surface area (Å²) in [7, 11) is 0. The van der Waals surface area contributed by atoms with E-state index in [0.717, 1.165) is 5.56 Å². The molecule has 1 saturated carbocycles. The highest BCUT2D eigenvalue weighted by Gasteiger charge is 2.18. The Bertz CT molecular complexity index is 477. The Balaban J connectivity index is 2.34. The predicted molar refractivity (Wildman–Crippen MR) is 85.1 cm³/mol. The Morgan fingerprint density at radius 3 is 2.37 bits per heavy atom. The van der Waals surface area contributed by atoms with Crippen molar-refractivity contribution in [1.82, 2.24) is 0 Å². The first kappa shape index (κ1) is 15.2. The Morgan fingerprint density at radius 2 is 1.74 bits per heavy atom. The number of benzene rings is 1. The zero-order chi connectivity index (χ0) is 13.8. The summed E-state index contributed by atoms with van der Waals surface area (Å²) in [4.78, 5) is 0. The molecule has 0 atom stereocenters. The zero-order valence-electron chi connectivity index (χ0n) is 10.8. The summed E-state index contributed by atoms with van der Waals surface area (Å²) < 4.78 is 0. The van der Waals surface area contributed by atoms with E-state index in [9.17, 15) is 0 Å². The van der Waals surface area contributed by atoms with Crippen molar-refractivity contribution in [3.63, 3.8) is 0 Å². The van der Waals surface area contributed by atoms with Gasteiger partial charge in [0.25, 0.3) is 0 Å². The van der Waals surface area contributed by atoms with E-state index < -0.39 is 0 Å². The number of hydrogen-bond donors (Lipinski definition) is 1. The molecule has 1 aromatic carbocycles. The van der Waals surface area contributed by atoms with Gasteiger partial charge in [-0.2, -0.15) is 0 Å². The normalized spacial score (nSPS) is 17.8. The molecule has 1 fully saturated rings. The quantitative estimate of drug-likeness (QED) is 0.724. The second-order valence-electron chi connectivity index (χ2n) is 5.02. The van der Waals surface area contributed by atoms with Crippen LogP contribution in [0.5, 0.6) is 0 Å². The lowest BCUT2D eigenvalue weighted by Gasteiger charge is -2.24. The second kappa shape index (κ2) is 6.99. The van der Waals surface area contributed by atoms with Crippen LogP contribution < -0.4 is 5.73 Å². The average Bonchev–Trinajstić information content (AvgIpc) is 2.44. The molecule has 0 bridgehead atoms. The minimum atomic E-state index is 0.510. The fourth-order valence-corrected chi connectivity index (χ4v) is 3.32. The van der Waals surface area contributed by atoms with Crippen LogP contribution in [-0.4, -0.2) is 6.54 Å². The Morgan fingerprint density at radius 1 is 1.11 bits per heavy atom. The Labute approximate surface area is 129 Å². The number of rotatable bonds is 3. The van der Waals surface area contributed by atoms with Gasteiger partial charge in [-0.05, 0) is 30.9 Å². The van der Waals surface area contributed by atoms with Crippen molar-refractivity contribution in [2.75, 3.05) is 6.54 Å². The second-order valence-corrected chi connectivity index (χ2v) is 6.21. The van der Waals surface area contributed by atoms with Gasteiger partial charge in [-0.3, -0.25) is 0 Å². The molecule has 0 saturated heterocycles. The fraction of sp³-hybridized carbons (Fsp3) is 0.467. The SMILES string of the molecule is NC/C(=C/c1c(Cl)ccc(Cl)c1Cl)C1CCCCC1. The zero-order valence-corrected chi connectivity index (χ0v) is 13.0. The third kappa shape index (κ3) is 3.66. The van der Waals surface area contributed by atoms with Crippen LogP contribution in [-0.2, 0) is 0 Å². The van der Waals surface area contributed by atoms with Gasteiger partial charge in [-0.25, -0.2) is 0 Å². The lowest BCUT2D eigenvalue weighted by molar-refractivity contribution is 0.401. The molecule has 0 aliphatic heterocycles. The Kier molecular flexibility index (Phi) is 5.58. The molecule has 0 aromatic heterocycles. The smallest absolute Gasteiger partial charge is 0.0679 e. The maximum atomic E-state index is 6.24. The van der Waals surface area contributed by atoms with E-state index in [4.69, 9.17) is 40.5 Å². The van der Waals surface area contributed by atoms with Crippen LogP contribution in [0.25, 0.3) is 6.08 Å². The van der Waals surface area contributed by atoms with Crippen molar-refractivity contribution in [1.29, 1.82) is 0 Å². The first-order valence-corrected chi connectivity index (χ1v) is 7.81. The van der Waals surface area contributed by atoms with E-state index in [0.29, 0.717) is 27.5 Å². The largest absolute Gasteiger partial charge is 0.327 e. The minimum Gasteiger partial charge on any atom is -0.327 e. The number of halogens is 3. The van der Waals surface area contributed by atoms with Gasteiger partial charge < -0.3 is 5.73 Å². The van der Waals surface area contributed by atoms with Gasteiger partial charge >= 0.3 is 0 Å². The van der Waals surface area contributed by atoms with Crippen LogP contribution in [0.2, 0.25) is 15.1 Å². The highest BCUT2D eigenvalue weighted by Crippen LogP contribution is 2.36. The Hall–Kier alpha value is -0.210. The molecule has 0 radical (unpaired) electrons. The van der Waals surface area contributed by atoms with Gasteiger partial charge in [0, 0.05) is 17.1 Å². The number of nitrogens with two attached hydrogens (primary N) is 1. The van der Waals surface area contributed by atoms with Crippen molar-refractivity contribution in [3.8, 4) is 0 Å². The van der Waals surface area contributed by atoms with Crippen LogP contribution in [0, 0.1) is 5.92 Å². The molecule has 0 spiro atoms. The molecule has 4 heteroatoms. The molecule has 1 aliphatic rings. The van der Waals surface area contributed by atoms with Gasteiger partial charge in [-0.15, -0.1) is 0 Å². The highest BCUT2D eigenvalue weighted by molar-refractivity contribution is 6.44. The van der Waals surface area contributed by atoms with Crippen LogP contribution in [0.3, 0.4) is 0 Å². The molecule has 0 heterocycles. The summed E-state index contributed by atoms with van der Waals surface area (Å²) in [6.07, 6.45) is 8.33. The first-order chi connectivity index (χ1) is 9.13. The van der Waals surface area contributed by atoms with Crippen molar-refractivity contribution < 1.29 is 0 Å². The third-order valence-corrected chi connectivity index (χ3v) is 4.92. The molecule has 19 heavy (non-hydrogen) atoms. The lowest BCUT2D eigenvalue weighted by atomic mass is 9.83. The third-order valence-electron chi connectivity index (χ3n) is 3.77. The van der Waals surface area contributed by atoms with Crippen LogP contribution in [0.1, 0.15) is 37.7 Å². The van der Waals surface area contributed by atoms with Gasteiger partial charge in [-0.1, -0.05) is 65.7 Å². The first-order valence-electron chi connectivity index (χ1n) is 6.67. The van der Waals surface area contributed by atoms with Crippen LogP contribution in [0.15, 0.2) is 17.7 Å².